The van der Waals surface area contributed by atoms with Crippen LogP contribution in [-0.4, -0.2) is 20.7 Å². The van der Waals surface area contributed by atoms with Gasteiger partial charge in [0.15, 0.2) is 5.13 Å². The van der Waals surface area contributed by atoms with Gasteiger partial charge < -0.3 is 5.32 Å². The summed E-state index contributed by atoms with van der Waals surface area (Å²) in [7, 11) is 0. The number of hydrogen-bond acceptors (Lipinski definition) is 4. The Morgan fingerprint density at radius 2 is 2.39 bits per heavy atom. The van der Waals surface area contributed by atoms with Gasteiger partial charge >= 0.3 is 0 Å². The molecule has 0 spiro atoms. The van der Waals surface area contributed by atoms with Gasteiger partial charge in [-0.1, -0.05) is 6.92 Å². The van der Waals surface area contributed by atoms with Crippen molar-refractivity contribution in [3.05, 3.63) is 29.0 Å². The van der Waals surface area contributed by atoms with E-state index in [9.17, 15) is 4.79 Å². The second kappa shape index (κ2) is 5.77. The number of nitrogens with one attached hydrogen (secondary N) is 1. The molecule has 1 N–H and O–H groups in total. The average Bonchev–Trinajstić information content (AvgIpc) is 2.95. The number of carbonyl (C=O) groups excluding carboxylic acids is 1. The Balaban J connectivity index is 1.81. The van der Waals surface area contributed by atoms with E-state index in [0.717, 1.165) is 17.7 Å². The molecule has 0 aliphatic heterocycles. The van der Waals surface area contributed by atoms with Crippen LogP contribution in [0.2, 0.25) is 0 Å². The van der Waals surface area contributed by atoms with Gasteiger partial charge in [-0.15, -0.1) is 11.3 Å². The molecular weight excluding hydrogens is 248 g/mol. The molecule has 0 aromatic carbocycles. The van der Waals surface area contributed by atoms with Crippen LogP contribution in [0.4, 0.5) is 5.13 Å². The minimum Gasteiger partial charge on any atom is -0.302 e. The fraction of sp³-hybridized carbons (Fsp3) is 0.417. The van der Waals surface area contributed by atoms with Gasteiger partial charge in [-0.05, 0) is 18.9 Å². The molecule has 0 fully saturated rings. The van der Waals surface area contributed by atoms with E-state index in [0.29, 0.717) is 18.1 Å². The Morgan fingerprint density at radius 3 is 3.00 bits per heavy atom. The fourth-order valence-corrected chi connectivity index (χ4v) is 2.32. The van der Waals surface area contributed by atoms with Crippen molar-refractivity contribution in [3.63, 3.8) is 0 Å². The molecule has 0 atom stereocenters. The van der Waals surface area contributed by atoms with Crippen LogP contribution in [0.25, 0.3) is 0 Å². The zero-order valence-electron chi connectivity index (χ0n) is 10.5. The van der Waals surface area contributed by atoms with Crippen LogP contribution in [0, 0.1) is 6.92 Å². The molecule has 2 heterocycles. The summed E-state index contributed by atoms with van der Waals surface area (Å²) in [6.45, 7) is 4.61. The zero-order valence-corrected chi connectivity index (χ0v) is 11.3. The van der Waals surface area contributed by atoms with Crippen LogP contribution in [0.3, 0.4) is 0 Å². The van der Waals surface area contributed by atoms with E-state index in [2.05, 4.69) is 15.4 Å². The van der Waals surface area contributed by atoms with Gasteiger partial charge in [-0.2, -0.15) is 5.10 Å². The number of carbonyl (C=O) groups is 1. The van der Waals surface area contributed by atoms with E-state index < -0.39 is 0 Å². The summed E-state index contributed by atoms with van der Waals surface area (Å²) in [4.78, 5) is 16.0. The van der Waals surface area contributed by atoms with Gasteiger partial charge in [-0.3, -0.25) is 9.48 Å². The Morgan fingerprint density at radius 1 is 1.56 bits per heavy atom. The molecule has 0 saturated heterocycles. The molecule has 6 heteroatoms. The molecule has 0 saturated carbocycles. The summed E-state index contributed by atoms with van der Waals surface area (Å²) < 4.78 is 1.77. The SMILES string of the molecule is CCc1csc(NC(=O)CCn2cc(C)cn2)n1. The fourth-order valence-electron chi connectivity index (χ4n) is 1.51. The predicted octanol–water partition coefficient (Wildman–Crippen LogP) is 2.24. The van der Waals surface area contributed by atoms with Gasteiger partial charge in [-0.25, -0.2) is 4.98 Å². The largest absolute Gasteiger partial charge is 0.302 e. The van der Waals surface area contributed by atoms with Crippen LogP contribution in [0.5, 0.6) is 0 Å². The monoisotopic (exact) mass is 264 g/mol. The van der Waals surface area contributed by atoms with Crippen molar-refractivity contribution in [2.45, 2.75) is 33.2 Å². The van der Waals surface area contributed by atoms with Crippen LogP contribution in [-0.2, 0) is 17.8 Å². The number of hydrogen-bond donors (Lipinski definition) is 1. The molecule has 2 aromatic rings. The highest BCUT2D eigenvalue weighted by molar-refractivity contribution is 7.13. The molecule has 0 aliphatic rings. The van der Waals surface area contributed by atoms with E-state index in [1.54, 1.807) is 10.9 Å². The quantitative estimate of drug-likeness (QED) is 0.901. The summed E-state index contributed by atoms with van der Waals surface area (Å²) in [6.07, 6.45) is 5.00. The summed E-state index contributed by atoms with van der Waals surface area (Å²) in [5, 5.41) is 9.58. The van der Waals surface area contributed by atoms with Crippen LogP contribution >= 0.6 is 11.3 Å². The van der Waals surface area contributed by atoms with Gasteiger partial charge in [0.25, 0.3) is 0 Å². The molecular formula is C12H16N4OS. The smallest absolute Gasteiger partial charge is 0.228 e. The van der Waals surface area contributed by atoms with Crippen LogP contribution in [0.15, 0.2) is 17.8 Å². The van der Waals surface area contributed by atoms with Gasteiger partial charge in [0, 0.05) is 24.5 Å². The molecule has 2 rings (SSSR count). The normalized spacial score (nSPS) is 10.6. The van der Waals surface area contributed by atoms with Crippen molar-refractivity contribution in [2.24, 2.45) is 0 Å². The van der Waals surface area contributed by atoms with E-state index in [-0.39, 0.29) is 5.91 Å². The molecule has 0 unspecified atom stereocenters. The average molecular weight is 264 g/mol. The molecule has 5 nitrogen and oxygen atoms in total. The number of aryl methyl sites for hydroxylation is 3. The summed E-state index contributed by atoms with van der Waals surface area (Å²) in [5.74, 6) is -0.0276. The topological polar surface area (TPSA) is 59.8 Å². The Bertz CT molecular complexity index is 532. The molecule has 0 aliphatic carbocycles. The first kappa shape index (κ1) is 12.8. The number of nitrogens with zero attached hydrogens (tertiary/aromatic N) is 3. The lowest BCUT2D eigenvalue weighted by molar-refractivity contribution is -0.116. The lowest BCUT2D eigenvalue weighted by atomic mass is 10.4. The van der Waals surface area contributed by atoms with Crippen molar-refractivity contribution in [1.29, 1.82) is 0 Å². The van der Waals surface area contributed by atoms with Crippen molar-refractivity contribution < 1.29 is 4.79 Å². The minimum absolute atomic E-state index is 0.0276. The lowest BCUT2D eigenvalue weighted by Crippen LogP contribution is -2.14. The Labute approximate surface area is 110 Å². The first-order chi connectivity index (χ1) is 8.67. The zero-order chi connectivity index (χ0) is 13.0. The highest BCUT2D eigenvalue weighted by atomic mass is 32.1. The van der Waals surface area contributed by atoms with Crippen LogP contribution < -0.4 is 5.32 Å². The van der Waals surface area contributed by atoms with E-state index in [1.807, 2.05) is 25.4 Å². The number of aromatic nitrogens is 3. The molecule has 18 heavy (non-hydrogen) atoms. The number of anilines is 1. The highest BCUT2D eigenvalue weighted by Gasteiger charge is 2.06. The summed E-state index contributed by atoms with van der Waals surface area (Å²) in [5.41, 5.74) is 2.11. The Kier molecular flexibility index (Phi) is 4.09. The number of rotatable bonds is 5. The van der Waals surface area contributed by atoms with Crippen molar-refractivity contribution in [1.82, 2.24) is 14.8 Å². The van der Waals surface area contributed by atoms with Crippen LogP contribution in [0.1, 0.15) is 24.6 Å². The lowest BCUT2D eigenvalue weighted by Gasteiger charge is -2.02. The molecule has 96 valence electrons. The third kappa shape index (κ3) is 3.40. The molecule has 1 amide bonds. The summed E-state index contributed by atoms with van der Waals surface area (Å²) >= 11 is 1.46. The number of amides is 1. The maximum absolute atomic E-state index is 11.7. The van der Waals surface area contributed by atoms with E-state index in [4.69, 9.17) is 0 Å². The molecule has 0 bridgehead atoms. The van der Waals surface area contributed by atoms with E-state index in [1.165, 1.54) is 11.3 Å². The maximum Gasteiger partial charge on any atom is 0.228 e. The van der Waals surface area contributed by atoms with E-state index >= 15 is 0 Å². The van der Waals surface area contributed by atoms with Crippen molar-refractivity contribution in [3.8, 4) is 0 Å². The highest BCUT2D eigenvalue weighted by Crippen LogP contribution is 2.15. The second-order valence-electron chi connectivity index (χ2n) is 4.08. The minimum atomic E-state index is -0.0276. The molecule has 2 aromatic heterocycles. The third-order valence-electron chi connectivity index (χ3n) is 2.49. The third-order valence-corrected chi connectivity index (χ3v) is 3.30. The van der Waals surface area contributed by atoms with Gasteiger partial charge in [0.2, 0.25) is 5.91 Å². The summed E-state index contributed by atoms with van der Waals surface area (Å²) in [6, 6.07) is 0. The van der Waals surface area contributed by atoms with Gasteiger partial charge in [0.1, 0.15) is 0 Å². The van der Waals surface area contributed by atoms with Gasteiger partial charge in [0.05, 0.1) is 11.9 Å². The number of thiazole rings is 1. The second-order valence-corrected chi connectivity index (χ2v) is 4.93. The first-order valence-electron chi connectivity index (χ1n) is 5.90. The first-order valence-corrected chi connectivity index (χ1v) is 6.78. The Hall–Kier alpha value is -1.69. The molecule has 0 radical (unpaired) electrons. The maximum atomic E-state index is 11.7. The predicted molar refractivity (Wildman–Crippen MR) is 71.7 cm³/mol. The van der Waals surface area contributed by atoms with Crippen molar-refractivity contribution >= 4 is 22.4 Å². The van der Waals surface area contributed by atoms with Crippen molar-refractivity contribution in [2.75, 3.05) is 5.32 Å². The standard InChI is InChI=1S/C12H16N4OS/c1-3-10-8-18-12(14-10)15-11(17)4-5-16-7-9(2)6-13-16/h6-8H,3-5H2,1-2H3,(H,14,15,17).